The molecule has 0 radical (unpaired) electrons. The van der Waals surface area contributed by atoms with Gasteiger partial charge in [-0.05, 0) is 24.3 Å². The molecule has 0 fully saturated rings. The number of aliphatic hydroxyl groups excluding tert-OH is 2. The molecule has 0 unspecified atom stereocenters. The van der Waals surface area contributed by atoms with Crippen LogP contribution in [-0.4, -0.2) is 36.5 Å². The number of hydrogen-bond acceptors (Lipinski definition) is 4. The number of halogens is 1. The van der Waals surface area contributed by atoms with E-state index in [9.17, 15) is 14.6 Å². The zero-order valence-electron chi connectivity index (χ0n) is 11.7. The molecule has 2 rings (SSSR count). The van der Waals surface area contributed by atoms with E-state index in [0.717, 1.165) is 5.69 Å². The number of benzene rings is 2. The second-order valence-electron chi connectivity index (χ2n) is 4.69. The summed E-state index contributed by atoms with van der Waals surface area (Å²) in [4.78, 5) is 1.81. The molecular formula is C16H19FN2O2. The van der Waals surface area contributed by atoms with Crippen molar-refractivity contribution in [1.29, 1.82) is 0 Å². The smallest absolute Gasteiger partial charge is 0.131 e. The summed E-state index contributed by atoms with van der Waals surface area (Å²) >= 11 is 0. The van der Waals surface area contributed by atoms with Gasteiger partial charge in [-0.25, -0.2) is 4.39 Å². The highest BCUT2D eigenvalue weighted by Gasteiger charge is 2.15. The minimum atomic E-state index is -0.336. The Kier molecular flexibility index (Phi) is 5.14. The lowest BCUT2D eigenvalue weighted by Gasteiger charge is -2.26. The highest BCUT2D eigenvalue weighted by atomic mass is 19.1. The first-order valence-corrected chi connectivity index (χ1v) is 6.78. The highest BCUT2D eigenvalue weighted by Crippen LogP contribution is 2.34. The normalized spacial score (nSPS) is 10.6. The maximum absolute atomic E-state index is 14.1. The van der Waals surface area contributed by atoms with Crippen molar-refractivity contribution in [3.05, 3.63) is 48.3 Å². The minimum Gasteiger partial charge on any atom is -0.399 e. The molecule has 0 spiro atoms. The molecule has 0 bridgehead atoms. The molecular weight excluding hydrogens is 271 g/mol. The predicted molar refractivity (Wildman–Crippen MR) is 82.6 cm³/mol. The predicted octanol–water partition coefficient (Wildman–Crippen LogP) is 1.87. The van der Waals surface area contributed by atoms with Crippen molar-refractivity contribution in [1.82, 2.24) is 0 Å². The molecule has 0 aliphatic heterocycles. The van der Waals surface area contributed by atoms with Crippen LogP contribution in [0.1, 0.15) is 0 Å². The SMILES string of the molecule is Nc1ccc(N(CCO)CCO)c(-c2ccccc2F)c1. The average molecular weight is 290 g/mol. The van der Waals surface area contributed by atoms with Gasteiger partial charge >= 0.3 is 0 Å². The van der Waals surface area contributed by atoms with E-state index in [4.69, 9.17) is 5.73 Å². The van der Waals surface area contributed by atoms with E-state index >= 15 is 0 Å². The van der Waals surface area contributed by atoms with Crippen molar-refractivity contribution >= 4 is 11.4 Å². The molecule has 0 amide bonds. The fourth-order valence-corrected chi connectivity index (χ4v) is 2.32. The van der Waals surface area contributed by atoms with Gasteiger partial charge in [0.2, 0.25) is 0 Å². The van der Waals surface area contributed by atoms with Crippen LogP contribution in [0, 0.1) is 5.82 Å². The van der Waals surface area contributed by atoms with Gasteiger partial charge in [0, 0.05) is 35.6 Å². The zero-order chi connectivity index (χ0) is 15.2. The molecule has 112 valence electrons. The second-order valence-corrected chi connectivity index (χ2v) is 4.69. The molecule has 21 heavy (non-hydrogen) atoms. The molecule has 0 atom stereocenters. The largest absolute Gasteiger partial charge is 0.399 e. The fourth-order valence-electron chi connectivity index (χ4n) is 2.32. The molecule has 0 heterocycles. The summed E-state index contributed by atoms with van der Waals surface area (Å²) in [5, 5.41) is 18.3. The fraction of sp³-hybridized carbons (Fsp3) is 0.250. The quantitative estimate of drug-likeness (QED) is 0.710. The van der Waals surface area contributed by atoms with Gasteiger partial charge in [0.15, 0.2) is 0 Å². The number of anilines is 2. The van der Waals surface area contributed by atoms with Crippen LogP contribution in [-0.2, 0) is 0 Å². The zero-order valence-corrected chi connectivity index (χ0v) is 11.7. The number of nitrogen functional groups attached to an aromatic ring is 1. The molecule has 0 saturated carbocycles. The highest BCUT2D eigenvalue weighted by molar-refractivity contribution is 5.81. The molecule has 4 nitrogen and oxygen atoms in total. The molecule has 0 aliphatic carbocycles. The van der Waals surface area contributed by atoms with Gasteiger partial charge in [-0.2, -0.15) is 0 Å². The van der Waals surface area contributed by atoms with E-state index in [0.29, 0.717) is 29.9 Å². The van der Waals surface area contributed by atoms with Crippen LogP contribution in [0.15, 0.2) is 42.5 Å². The summed E-state index contributed by atoms with van der Waals surface area (Å²) in [5.74, 6) is -0.336. The Labute approximate surface area is 123 Å². The van der Waals surface area contributed by atoms with Crippen LogP contribution >= 0.6 is 0 Å². The molecule has 0 saturated heterocycles. The number of nitrogens with zero attached hydrogens (tertiary/aromatic N) is 1. The summed E-state index contributed by atoms with van der Waals surface area (Å²) in [6.07, 6.45) is 0. The van der Waals surface area contributed by atoms with E-state index in [1.54, 1.807) is 41.3 Å². The third-order valence-electron chi connectivity index (χ3n) is 3.27. The van der Waals surface area contributed by atoms with Crippen molar-refractivity contribution in [3.8, 4) is 11.1 Å². The topological polar surface area (TPSA) is 69.7 Å². The Bertz CT molecular complexity index is 599. The van der Waals surface area contributed by atoms with E-state index in [-0.39, 0.29) is 19.0 Å². The summed E-state index contributed by atoms with van der Waals surface area (Å²) in [6, 6.07) is 11.7. The van der Waals surface area contributed by atoms with E-state index in [1.165, 1.54) is 6.07 Å². The Morgan fingerprint density at radius 3 is 2.24 bits per heavy atom. The van der Waals surface area contributed by atoms with Gasteiger partial charge < -0.3 is 20.8 Å². The minimum absolute atomic E-state index is 0.0545. The average Bonchev–Trinajstić information content (AvgIpc) is 2.47. The molecule has 0 aliphatic rings. The first kappa shape index (κ1) is 15.3. The van der Waals surface area contributed by atoms with Crippen LogP contribution in [0.4, 0.5) is 15.8 Å². The number of aliphatic hydroxyl groups is 2. The van der Waals surface area contributed by atoms with Crippen molar-refractivity contribution in [2.45, 2.75) is 0 Å². The van der Waals surface area contributed by atoms with Gasteiger partial charge in [-0.3, -0.25) is 0 Å². The van der Waals surface area contributed by atoms with Gasteiger partial charge in [0.1, 0.15) is 5.82 Å². The van der Waals surface area contributed by atoms with Crippen molar-refractivity contribution in [2.24, 2.45) is 0 Å². The van der Waals surface area contributed by atoms with Crippen LogP contribution in [0.2, 0.25) is 0 Å². The van der Waals surface area contributed by atoms with Crippen LogP contribution in [0.25, 0.3) is 11.1 Å². The van der Waals surface area contributed by atoms with E-state index < -0.39 is 0 Å². The van der Waals surface area contributed by atoms with Gasteiger partial charge in [-0.15, -0.1) is 0 Å². The van der Waals surface area contributed by atoms with E-state index in [1.807, 2.05) is 0 Å². The molecule has 5 heteroatoms. The third-order valence-corrected chi connectivity index (χ3v) is 3.27. The lowest BCUT2D eigenvalue weighted by Crippen LogP contribution is -2.30. The van der Waals surface area contributed by atoms with Crippen molar-refractivity contribution < 1.29 is 14.6 Å². The van der Waals surface area contributed by atoms with Gasteiger partial charge in [0.25, 0.3) is 0 Å². The van der Waals surface area contributed by atoms with Gasteiger partial charge in [-0.1, -0.05) is 18.2 Å². The lowest BCUT2D eigenvalue weighted by atomic mass is 10.0. The van der Waals surface area contributed by atoms with Crippen LogP contribution in [0.3, 0.4) is 0 Å². The standard InChI is InChI=1S/C16H19FN2O2/c17-15-4-2-1-3-13(15)14-11-12(18)5-6-16(14)19(7-9-20)8-10-21/h1-6,11,20-21H,7-10,18H2. The Balaban J connectivity index is 2.54. The van der Waals surface area contributed by atoms with Crippen LogP contribution in [0.5, 0.6) is 0 Å². The maximum atomic E-state index is 14.1. The van der Waals surface area contributed by atoms with E-state index in [2.05, 4.69) is 0 Å². The Hall–Kier alpha value is -2.11. The third kappa shape index (κ3) is 3.51. The lowest BCUT2D eigenvalue weighted by molar-refractivity contribution is 0.281. The number of nitrogens with two attached hydrogens (primary N) is 1. The number of rotatable bonds is 6. The molecule has 2 aromatic carbocycles. The first-order chi connectivity index (χ1) is 10.2. The maximum Gasteiger partial charge on any atom is 0.131 e. The summed E-state index contributed by atoms with van der Waals surface area (Å²) in [5.41, 5.74) is 8.18. The Morgan fingerprint density at radius 2 is 1.62 bits per heavy atom. The molecule has 2 aromatic rings. The number of hydrogen-bond donors (Lipinski definition) is 3. The second kappa shape index (κ2) is 7.06. The summed E-state index contributed by atoms with van der Waals surface area (Å²) in [6.45, 7) is 0.597. The van der Waals surface area contributed by atoms with Gasteiger partial charge in [0.05, 0.1) is 13.2 Å². The monoisotopic (exact) mass is 290 g/mol. The van der Waals surface area contributed by atoms with Crippen LogP contribution < -0.4 is 10.6 Å². The van der Waals surface area contributed by atoms with Crippen molar-refractivity contribution in [3.63, 3.8) is 0 Å². The Morgan fingerprint density at radius 1 is 0.952 bits per heavy atom. The molecule has 0 aromatic heterocycles. The first-order valence-electron chi connectivity index (χ1n) is 6.78. The van der Waals surface area contributed by atoms with Crippen molar-refractivity contribution in [2.75, 3.05) is 36.9 Å². The summed E-state index contributed by atoms with van der Waals surface area (Å²) in [7, 11) is 0. The summed E-state index contributed by atoms with van der Waals surface area (Å²) < 4.78 is 14.1. The molecule has 4 N–H and O–H groups in total.